The van der Waals surface area contributed by atoms with Gasteiger partial charge in [-0.2, -0.15) is 24.4 Å². The molecule has 0 aliphatic heterocycles. The Morgan fingerprint density at radius 2 is 1.21 bits per heavy atom. The first-order valence-electron chi connectivity index (χ1n) is 11.5. The third kappa shape index (κ3) is 13.0. The molecule has 0 spiro atoms. The van der Waals surface area contributed by atoms with E-state index < -0.39 is 0 Å². The third-order valence-electron chi connectivity index (χ3n) is 4.75. The number of benzene rings is 2. The summed E-state index contributed by atoms with van der Waals surface area (Å²) in [4.78, 5) is 8.30. The Morgan fingerprint density at radius 3 is 1.71 bits per heavy atom. The second-order valence-electron chi connectivity index (χ2n) is 7.34. The molecule has 0 aliphatic rings. The summed E-state index contributed by atoms with van der Waals surface area (Å²) in [7, 11) is 0. The smallest absolute Gasteiger partial charge is 0.0623 e. The standard InChI is InChI=1S/C15H17NS.C8H10S.C7H7N/c1-2-6-14(7-3-1)9-12-17-13-10-15-8-4-5-11-16-15;9-7-6-8-4-2-1-3-5-8;1-2-7-5-3-4-6-8-7/h1-8,11H,9-10,12-13H2;1-5,9H,6-7H2;2-6H,1H2. The van der Waals surface area contributed by atoms with Crippen molar-refractivity contribution in [3.05, 3.63) is 139 Å². The highest BCUT2D eigenvalue weighted by Crippen LogP contribution is 2.09. The molecule has 0 radical (unpaired) electrons. The highest BCUT2D eigenvalue weighted by atomic mass is 32.2. The van der Waals surface area contributed by atoms with E-state index >= 15 is 0 Å². The molecule has 2 aromatic carbocycles. The number of rotatable bonds is 9. The highest BCUT2D eigenvalue weighted by molar-refractivity contribution is 7.99. The Bertz CT molecular complexity index is 953. The zero-order valence-corrected chi connectivity index (χ0v) is 21.4. The predicted molar refractivity (Wildman–Crippen MR) is 154 cm³/mol. The van der Waals surface area contributed by atoms with E-state index in [2.05, 4.69) is 95.9 Å². The molecule has 0 N–H and O–H groups in total. The lowest BCUT2D eigenvalue weighted by molar-refractivity contribution is 1.04. The third-order valence-corrected chi connectivity index (χ3v) is 5.96. The highest BCUT2D eigenvalue weighted by Gasteiger charge is 1.95. The molecule has 4 aromatic rings. The van der Waals surface area contributed by atoms with Crippen LogP contribution < -0.4 is 0 Å². The summed E-state index contributed by atoms with van der Waals surface area (Å²) in [5, 5.41) is 0. The first kappa shape index (κ1) is 27.4. The van der Waals surface area contributed by atoms with Gasteiger partial charge in [0.2, 0.25) is 0 Å². The van der Waals surface area contributed by atoms with Crippen LogP contribution in [0, 0.1) is 0 Å². The van der Waals surface area contributed by atoms with Crippen LogP contribution in [-0.4, -0.2) is 27.2 Å². The van der Waals surface area contributed by atoms with Crippen LogP contribution in [0.4, 0.5) is 0 Å². The normalized spacial score (nSPS) is 9.68. The molecule has 0 fully saturated rings. The van der Waals surface area contributed by atoms with Crippen molar-refractivity contribution in [2.75, 3.05) is 17.3 Å². The number of thiol groups is 1. The van der Waals surface area contributed by atoms with Crippen molar-refractivity contribution in [2.45, 2.75) is 19.3 Å². The van der Waals surface area contributed by atoms with Crippen LogP contribution in [0.3, 0.4) is 0 Å². The molecule has 0 atom stereocenters. The number of aromatic nitrogens is 2. The van der Waals surface area contributed by atoms with Crippen LogP contribution in [0.1, 0.15) is 22.5 Å². The van der Waals surface area contributed by atoms with Gasteiger partial charge in [-0.1, -0.05) is 79.4 Å². The monoisotopic (exact) mass is 486 g/mol. The van der Waals surface area contributed by atoms with Crippen molar-refractivity contribution in [2.24, 2.45) is 0 Å². The number of nitrogens with zero attached hydrogens (tertiary/aromatic N) is 2. The van der Waals surface area contributed by atoms with Gasteiger partial charge >= 0.3 is 0 Å². The molecule has 0 saturated heterocycles. The fraction of sp³-hybridized carbons (Fsp3) is 0.200. The van der Waals surface area contributed by atoms with Crippen molar-refractivity contribution in [1.29, 1.82) is 0 Å². The molecule has 0 unspecified atom stereocenters. The zero-order valence-electron chi connectivity index (χ0n) is 19.7. The molecule has 34 heavy (non-hydrogen) atoms. The van der Waals surface area contributed by atoms with Crippen LogP contribution in [0.2, 0.25) is 0 Å². The van der Waals surface area contributed by atoms with Crippen LogP contribution in [0.25, 0.3) is 6.08 Å². The molecule has 2 heterocycles. The molecule has 2 aromatic heterocycles. The fourth-order valence-corrected chi connectivity index (χ4v) is 4.13. The second-order valence-corrected chi connectivity index (χ2v) is 9.01. The summed E-state index contributed by atoms with van der Waals surface area (Å²) in [5.41, 5.74) is 4.91. The number of hydrogen-bond acceptors (Lipinski definition) is 4. The molecule has 2 nitrogen and oxygen atoms in total. The average Bonchev–Trinajstić information content (AvgIpc) is 2.92. The zero-order chi connectivity index (χ0) is 24.1. The van der Waals surface area contributed by atoms with Crippen LogP contribution in [0.15, 0.2) is 116 Å². The minimum absolute atomic E-state index is 0.924. The van der Waals surface area contributed by atoms with Crippen LogP contribution in [0.5, 0.6) is 0 Å². The van der Waals surface area contributed by atoms with E-state index in [-0.39, 0.29) is 0 Å². The Kier molecular flexibility index (Phi) is 15.0. The van der Waals surface area contributed by atoms with E-state index in [1.165, 1.54) is 22.6 Å². The molecule has 0 amide bonds. The summed E-state index contributed by atoms with van der Waals surface area (Å²) in [6.07, 6.45) is 8.64. The predicted octanol–water partition coefficient (Wildman–Crippen LogP) is 7.48. The Labute approximate surface area is 215 Å². The van der Waals surface area contributed by atoms with Crippen molar-refractivity contribution in [3.8, 4) is 0 Å². The number of aryl methyl sites for hydroxylation is 3. The minimum atomic E-state index is 0.924. The van der Waals surface area contributed by atoms with E-state index in [4.69, 9.17) is 0 Å². The lowest BCUT2D eigenvalue weighted by atomic mass is 10.2. The summed E-state index contributed by atoms with van der Waals surface area (Å²) in [6.45, 7) is 3.57. The summed E-state index contributed by atoms with van der Waals surface area (Å²) < 4.78 is 0. The van der Waals surface area contributed by atoms with E-state index in [0.717, 1.165) is 36.5 Å². The van der Waals surface area contributed by atoms with Gasteiger partial charge in [-0.05, 0) is 78.0 Å². The van der Waals surface area contributed by atoms with Crippen molar-refractivity contribution >= 4 is 30.5 Å². The van der Waals surface area contributed by atoms with Gasteiger partial charge in [-0.15, -0.1) is 0 Å². The van der Waals surface area contributed by atoms with Crippen molar-refractivity contribution in [1.82, 2.24) is 9.97 Å². The maximum absolute atomic E-state index is 4.32. The van der Waals surface area contributed by atoms with Gasteiger partial charge in [0, 0.05) is 18.1 Å². The van der Waals surface area contributed by atoms with E-state index in [1.807, 2.05) is 48.3 Å². The van der Waals surface area contributed by atoms with E-state index in [9.17, 15) is 0 Å². The van der Waals surface area contributed by atoms with Gasteiger partial charge in [0.1, 0.15) is 0 Å². The molecule has 0 saturated carbocycles. The first-order chi connectivity index (χ1) is 16.8. The molecule has 176 valence electrons. The van der Waals surface area contributed by atoms with Crippen LogP contribution in [-0.2, 0) is 19.3 Å². The topological polar surface area (TPSA) is 25.8 Å². The van der Waals surface area contributed by atoms with E-state index in [0.29, 0.717) is 0 Å². The van der Waals surface area contributed by atoms with Gasteiger partial charge in [0.05, 0.1) is 5.69 Å². The Balaban J connectivity index is 0.000000201. The van der Waals surface area contributed by atoms with Gasteiger partial charge in [-0.3, -0.25) is 9.97 Å². The second kappa shape index (κ2) is 18.6. The maximum Gasteiger partial charge on any atom is 0.0623 e. The average molecular weight is 487 g/mol. The van der Waals surface area contributed by atoms with Gasteiger partial charge < -0.3 is 0 Å². The van der Waals surface area contributed by atoms with Crippen molar-refractivity contribution < 1.29 is 0 Å². The molecule has 4 rings (SSSR count). The molecular formula is C30H34N2S2. The van der Waals surface area contributed by atoms with E-state index in [1.54, 1.807) is 12.3 Å². The fourth-order valence-electron chi connectivity index (χ4n) is 2.93. The largest absolute Gasteiger partial charge is 0.261 e. The van der Waals surface area contributed by atoms with Crippen molar-refractivity contribution in [3.63, 3.8) is 0 Å². The Hall–Kier alpha value is -2.82. The quantitative estimate of drug-likeness (QED) is 0.196. The molecule has 0 aliphatic carbocycles. The minimum Gasteiger partial charge on any atom is -0.261 e. The maximum atomic E-state index is 4.32. The summed E-state index contributed by atoms with van der Waals surface area (Å²) in [6, 6.07) is 32.9. The van der Waals surface area contributed by atoms with Gasteiger partial charge in [0.15, 0.2) is 0 Å². The summed E-state index contributed by atoms with van der Waals surface area (Å²) >= 11 is 6.13. The van der Waals surface area contributed by atoms with Crippen LogP contribution >= 0.6 is 24.4 Å². The molecular weight excluding hydrogens is 452 g/mol. The SMILES string of the molecule is C=Cc1ccccn1.SCCc1ccccc1.c1ccc(CCSCCc2ccccn2)cc1. The lowest BCUT2D eigenvalue weighted by Crippen LogP contribution is -1.94. The number of pyridine rings is 2. The molecule has 4 heteroatoms. The molecule has 0 bridgehead atoms. The number of thioether (sulfide) groups is 1. The summed E-state index contributed by atoms with van der Waals surface area (Å²) in [5.74, 6) is 3.28. The van der Waals surface area contributed by atoms with Gasteiger partial charge in [-0.25, -0.2) is 0 Å². The number of hydrogen-bond donors (Lipinski definition) is 1. The lowest BCUT2D eigenvalue weighted by Gasteiger charge is -2.02. The Morgan fingerprint density at radius 1 is 0.647 bits per heavy atom. The van der Waals surface area contributed by atoms with Gasteiger partial charge in [0.25, 0.3) is 0 Å². The first-order valence-corrected chi connectivity index (χ1v) is 13.3.